The van der Waals surface area contributed by atoms with Crippen LogP contribution in [0.2, 0.25) is 5.02 Å². The van der Waals surface area contributed by atoms with Crippen molar-refractivity contribution >= 4 is 22.9 Å². The molecule has 3 aromatic heterocycles. The van der Waals surface area contributed by atoms with Crippen LogP contribution in [0.4, 0.5) is 17.6 Å². The van der Waals surface area contributed by atoms with Gasteiger partial charge in [0.05, 0.1) is 40.1 Å². The SMILES string of the molecule is OC1(Cn2ncc(-c3onc(-c4c(F)cccc4Cl)c3-c3nccs3)c2C(F)(F)F)CC1. The zero-order valence-corrected chi connectivity index (χ0v) is 17.6. The Kier molecular flexibility index (Phi) is 4.88. The van der Waals surface area contributed by atoms with E-state index in [0.29, 0.717) is 17.5 Å². The Labute approximate surface area is 187 Å². The van der Waals surface area contributed by atoms with Crippen molar-refractivity contribution in [3.63, 3.8) is 0 Å². The molecule has 0 saturated heterocycles. The summed E-state index contributed by atoms with van der Waals surface area (Å²) in [6.45, 7) is -0.311. The van der Waals surface area contributed by atoms with Crippen LogP contribution in [0, 0.1) is 5.82 Å². The Morgan fingerprint density at radius 2 is 2.03 bits per heavy atom. The summed E-state index contributed by atoms with van der Waals surface area (Å²) in [5.41, 5.74) is -2.81. The molecule has 12 heteroatoms. The van der Waals surface area contributed by atoms with Crippen LogP contribution < -0.4 is 0 Å². The van der Waals surface area contributed by atoms with Crippen LogP contribution in [-0.4, -0.2) is 30.6 Å². The third kappa shape index (κ3) is 3.59. The van der Waals surface area contributed by atoms with E-state index in [4.69, 9.17) is 16.1 Å². The third-order valence-corrected chi connectivity index (χ3v) is 6.27. The molecule has 0 amide bonds. The highest BCUT2D eigenvalue weighted by atomic mass is 35.5. The van der Waals surface area contributed by atoms with Crippen molar-refractivity contribution in [1.82, 2.24) is 19.9 Å². The molecule has 1 saturated carbocycles. The first-order valence-electron chi connectivity index (χ1n) is 9.38. The lowest BCUT2D eigenvalue weighted by Crippen LogP contribution is -2.23. The number of rotatable bonds is 5. The van der Waals surface area contributed by atoms with Crippen LogP contribution >= 0.6 is 22.9 Å². The van der Waals surface area contributed by atoms with Crippen molar-refractivity contribution in [2.24, 2.45) is 0 Å². The monoisotopic (exact) mass is 484 g/mol. The summed E-state index contributed by atoms with van der Waals surface area (Å²) < 4.78 is 62.9. The fourth-order valence-electron chi connectivity index (χ4n) is 3.47. The van der Waals surface area contributed by atoms with E-state index in [9.17, 15) is 22.7 Å². The first-order valence-corrected chi connectivity index (χ1v) is 10.6. The van der Waals surface area contributed by atoms with Crippen molar-refractivity contribution in [3.8, 4) is 33.2 Å². The predicted molar refractivity (Wildman–Crippen MR) is 108 cm³/mol. The largest absolute Gasteiger partial charge is 0.433 e. The molecule has 6 nitrogen and oxygen atoms in total. The summed E-state index contributed by atoms with van der Waals surface area (Å²) in [6, 6.07) is 4.01. The average molecular weight is 485 g/mol. The number of hydrogen-bond acceptors (Lipinski definition) is 6. The van der Waals surface area contributed by atoms with Crippen LogP contribution in [0.25, 0.3) is 33.2 Å². The van der Waals surface area contributed by atoms with Gasteiger partial charge in [-0.25, -0.2) is 9.37 Å². The zero-order chi connectivity index (χ0) is 22.7. The Morgan fingerprint density at radius 3 is 2.66 bits per heavy atom. The van der Waals surface area contributed by atoms with Gasteiger partial charge in [0.15, 0.2) is 11.5 Å². The highest BCUT2D eigenvalue weighted by molar-refractivity contribution is 7.13. The van der Waals surface area contributed by atoms with E-state index in [-0.39, 0.29) is 39.2 Å². The van der Waals surface area contributed by atoms with Gasteiger partial charge in [-0.15, -0.1) is 11.3 Å². The summed E-state index contributed by atoms with van der Waals surface area (Å²) in [5.74, 6) is -0.978. The standard InChI is InChI=1S/C20H13ClF4N4O2S/c21-11-2-1-3-12(22)13(11)15-14(18-26-6-7-32-18)16(31-28-15)10-8-27-29(9-19(30)4-5-19)17(10)20(23,24)25/h1-3,6-8,30H,4-5,9H2. The van der Waals surface area contributed by atoms with Gasteiger partial charge in [-0.3, -0.25) is 4.68 Å². The first-order chi connectivity index (χ1) is 15.2. The number of nitrogens with zero attached hydrogens (tertiary/aromatic N) is 4. The Hall–Kier alpha value is -2.76. The van der Waals surface area contributed by atoms with Crippen molar-refractivity contribution < 1.29 is 27.2 Å². The molecule has 1 aliphatic carbocycles. The highest BCUT2D eigenvalue weighted by Crippen LogP contribution is 2.47. The number of alkyl halides is 3. The molecular formula is C20H13ClF4N4O2S. The van der Waals surface area contributed by atoms with Crippen molar-refractivity contribution in [3.05, 3.63) is 52.5 Å². The molecule has 1 aromatic carbocycles. The fourth-order valence-corrected chi connectivity index (χ4v) is 4.40. The third-order valence-electron chi connectivity index (χ3n) is 5.16. The van der Waals surface area contributed by atoms with Gasteiger partial charge in [0.1, 0.15) is 16.5 Å². The van der Waals surface area contributed by atoms with Crippen LogP contribution in [0.3, 0.4) is 0 Å². The van der Waals surface area contributed by atoms with Gasteiger partial charge in [0.2, 0.25) is 0 Å². The molecule has 3 heterocycles. The zero-order valence-electron chi connectivity index (χ0n) is 16.0. The lowest BCUT2D eigenvalue weighted by molar-refractivity contribution is -0.144. The van der Waals surface area contributed by atoms with E-state index in [1.54, 1.807) is 5.38 Å². The lowest BCUT2D eigenvalue weighted by atomic mass is 10.0. The van der Waals surface area contributed by atoms with Crippen LogP contribution in [0.15, 0.2) is 40.5 Å². The molecular weight excluding hydrogens is 472 g/mol. The van der Waals surface area contributed by atoms with Crippen molar-refractivity contribution in [2.45, 2.75) is 31.2 Å². The summed E-state index contributed by atoms with van der Waals surface area (Å²) in [5, 5.41) is 19.8. The fraction of sp³-hybridized carbons (Fsp3) is 0.250. The molecule has 1 aliphatic rings. The molecule has 166 valence electrons. The molecule has 0 aliphatic heterocycles. The minimum absolute atomic E-state index is 0.0188. The molecule has 0 unspecified atom stereocenters. The summed E-state index contributed by atoms with van der Waals surface area (Å²) in [4.78, 5) is 4.16. The second-order valence-corrected chi connectivity index (χ2v) is 8.76. The van der Waals surface area contributed by atoms with Crippen LogP contribution in [-0.2, 0) is 12.7 Å². The van der Waals surface area contributed by atoms with E-state index in [1.807, 2.05) is 0 Å². The molecule has 0 bridgehead atoms. The van der Waals surface area contributed by atoms with Gasteiger partial charge in [-0.1, -0.05) is 22.8 Å². The lowest BCUT2D eigenvalue weighted by Gasteiger charge is -2.14. The Bertz CT molecular complexity index is 1280. The second kappa shape index (κ2) is 7.39. The van der Waals surface area contributed by atoms with E-state index in [1.165, 1.54) is 18.3 Å². The maximum atomic E-state index is 14.6. The maximum absolute atomic E-state index is 14.6. The van der Waals surface area contributed by atoms with Gasteiger partial charge >= 0.3 is 6.18 Å². The quantitative estimate of drug-likeness (QED) is 0.370. The smallest absolute Gasteiger partial charge is 0.388 e. The highest BCUT2D eigenvalue weighted by Gasteiger charge is 2.46. The number of hydrogen-bond donors (Lipinski definition) is 1. The molecule has 32 heavy (non-hydrogen) atoms. The molecule has 4 aromatic rings. The van der Waals surface area contributed by atoms with Gasteiger partial charge in [0, 0.05) is 11.6 Å². The van der Waals surface area contributed by atoms with Crippen LogP contribution in [0.5, 0.6) is 0 Å². The van der Waals surface area contributed by atoms with Crippen molar-refractivity contribution in [2.75, 3.05) is 0 Å². The van der Waals surface area contributed by atoms with Gasteiger partial charge in [0.25, 0.3) is 0 Å². The summed E-state index contributed by atoms with van der Waals surface area (Å²) in [7, 11) is 0. The van der Waals surface area contributed by atoms with E-state index < -0.39 is 28.9 Å². The molecule has 5 rings (SSSR count). The number of thiazole rings is 1. The molecule has 1 N–H and O–H groups in total. The van der Waals surface area contributed by atoms with E-state index >= 15 is 0 Å². The molecule has 0 atom stereocenters. The average Bonchev–Trinajstić information content (AvgIpc) is 3.15. The second-order valence-electron chi connectivity index (χ2n) is 7.46. The molecule has 0 radical (unpaired) electrons. The molecule has 1 fully saturated rings. The molecule has 0 spiro atoms. The number of halogens is 5. The maximum Gasteiger partial charge on any atom is 0.433 e. The predicted octanol–water partition coefficient (Wildman–Crippen LogP) is 5.66. The van der Waals surface area contributed by atoms with E-state index in [0.717, 1.165) is 23.6 Å². The number of benzene rings is 1. The summed E-state index contributed by atoms with van der Waals surface area (Å²) >= 11 is 7.30. The minimum atomic E-state index is -4.81. The van der Waals surface area contributed by atoms with Crippen molar-refractivity contribution in [1.29, 1.82) is 0 Å². The first kappa shape index (κ1) is 21.1. The van der Waals surface area contributed by atoms with E-state index in [2.05, 4.69) is 15.2 Å². The summed E-state index contributed by atoms with van der Waals surface area (Å²) in [6.07, 6.45) is -1.57. The Morgan fingerprint density at radius 1 is 1.25 bits per heavy atom. The topological polar surface area (TPSA) is 77.0 Å². The van der Waals surface area contributed by atoms with Gasteiger partial charge < -0.3 is 9.63 Å². The van der Waals surface area contributed by atoms with Gasteiger partial charge in [-0.05, 0) is 25.0 Å². The Balaban J connectivity index is 1.75. The number of aliphatic hydroxyl groups is 1. The minimum Gasteiger partial charge on any atom is -0.388 e. The van der Waals surface area contributed by atoms with Gasteiger partial charge in [-0.2, -0.15) is 18.3 Å². The van der Waals surface area contributed by atoms with Crippen LogP contribution in [0.1, 0.15) is 18.5 Å². The number of aromatic nitrogens is 4. The normalized spacial score (nSPS) is 15.3.